The zero-order chi connectivity index (χ0) is 15.7. The van der Waals surface area contributed by atoms with Gasteiger partial charge in [-0.1, -0.05) is 32.3 Å². The summed E-state index contributed by atoms with van der Waals surface area (Å²) in [6, 6.07) is 0. The molecule has 0 amide bonds. The van der Waals surface area contributed by atoms with Crippen molar-refractivity contribution in [2.45, 2.75) is 76.9 Å². The smallest absolute Gasteiger partial charge is 0.316 e. The van der Waals surface area contributed by atoms with E-state index in [0.717, 1.165) is 44.4 Å². The van der Waals surface area contributed by atoms with Gasteiger partial charge in [-0.2, -0.15) is 8.78 Å². The molecule has 2 aliphatic carbocycles. The van der Waals surface area contributed by atoms with Gasteiger partial charge < -0.3 is 4.74 Å². The van der Waals surface area contributed by atoms with E-state index in [1.54, 1.807) is 0 Å². The molecule has 1 nitrogen and oxygen atoms in total. The number of hydrogen-bond donors (Lipinski definition) is 0. The van der Waals surface area contributed by atoms with Gasteiger partial charge in [-0.3, -0.25) is 0 Å². The van der Waals surface area contributed by atoms with Crippen LogP contribution >= 0.6 is 0 Å². The molecule has 0 aromatic carbocycles. The molecule has 3 aliphatic rings. The number of ether oxygens (including phenoxy) is 1. The second kappa shape index (κ2) is 6.59. The molecule has 22 heavy (non-hydrogen) atoms. The Kier molecular flexibility index (Phi) is 4.92. The number of allylic oxidation sites excluding steroid dienone is 1. The Morgan fingerprint density at radius 1 is 1.00 bits per heavy atom. The SMILES string of the molecule is C=C[C@H]1CC[C@H]([C@H]2[C@H](C3CCC(CC)CC3)OC2(F)F)CC1. The van der Waals surface area contributed by atoms with Crippen LogP contribution in [0.15, 0.2) is 12.7 Å². The Morgan fingerprint density at radius 3 is 2.09 bits per heavy atom. The molecule has 3 rings (SSSR count). The van der Waals surface area contributed by atoms with Crippen molar-refractivity contribution in [3.8, 4) is 0 Å². The Bertz CT molecular complexity index is 379. The summed E-state index contributed by atoms with van der Waals surface area (Å²) in [4.78, 5) is 0. The van der Waals surface area contributed by atoms with Crippen LogP contribution in [-0.2, 0) is 4.74 Å². The fourth-order valence-corrected chi connectivity index (χ4v) is 5.05. The minimum Gasteiger partial charge on any atom is -0.316 e. The van der Waals surface area contributed by atoms with Crippen LogP contribution in [0.2, 0.25) is 0 Å². The van der Waals surface area contributed by atoms with Crippen LogP contribution in [-0.4, -0.2) is 12.2 Å². The predicted octanol–water partition coefficient (Wildman–Crippen LogP) is 5.80. The normalized spacial score (nSPS) is 45.0. The third-order valence-corrected chi connectivity index (χ3v) is 6.63. The monoisotopic (exact) mass is 312 g/mol. The van der Waals surface area contributed by atoms with Gasteiger partial charge in [0, 0.05) is 0 Å². The van der Waals surface area contributed by atoms with E-state index in [2.05, 4.69) is 13.5 Å². The average molecular weight is 312 g/mol. The van der Waals surface area contributed by atoms with Crippen molar-refractivity contribution < 1.29 is 13.5 Å². The summed E-state index contributed by atoms with van der Waals surface area (Å²) in [5.41, 5.74) is 0. The number of hydrogen-bond acceptors (Lipinski definition) is 1. The lowest BCUT2D eigenvalue weighted by molar-refractivity contribution is -0.418. The summed E-state index contributed by atoms with van der Waals surface area (Å²) in [6.45, 7) is 6.08. The molecular formula is C19H30F2O. The van der Waals surface area contributed by atoms with Gasteiger partial charge >= 0.3 is 6.11 Å². The van der Waals surface area contributed by atoms with Crippen molar-refractivity contribution >= 4 is 0 Å². The second-order valence-corrected chi connectivity index (χ2v) is 7.77. The first-order chi connectivity index (χ1) is 10.5. The van der Waals surface area contributed by atoms with Crippen molar-refractivity contribution in [2.75, 3.05) is 0 Å². The van der Waals surface area contributed by atoms with E-state index in [0.29, 0.717) is 11.8 Å². The van der Waals surface area contributed by atoms with Crippen molar-refractivity contribution in [1.82, 2.24) is 0 Å². The minimum atomic E-state index is -2.88. The highest BCUT2D eigenvalue weighted by Gasteiger charge is 2.62. The molecule has 0 bridgehead atoms. The summed E-state index contributed by atoms with van der Waals surface area (Å²) >= 11 is 0. The predicted molar refractivity (Wildman–Crippen MR) is 84.7 cm³/mol. The minimum absolute atomic E-state index is 0.147. The largest absolute Gasteiger partial charge is 0.361 e. The molecule has 0 aromatic heterocycles. The topological polar surface area (TPSA) is 9.23 Å². The molecule has 1 aliphatic heterocycles. The van der Waals surface area contributed by atoms with E-state index in [9.17, 15) is 8.78 Å². The van der Waals surface area contributed by atoms with Gasteiger partial charge in [0.05, 0.1) is 12.0 Å². The lowest BCUT2D eigenvalue weighted by Crippen LogP contribution is -2.61. The molecule has 0 N–H and O–H groups in total. The van der Waals surface area contributed by atoms with Gasteiger partial charge in [0.15, 0.2) is 0 Å². The maximum absolute atomic E-state index is 14.1. The lowest BCUT2D eigenvalue weighted by atomic mass is 9.66. The van der Waals surface area contributed by atoms with E-state index in [1.807, 2.05) is 6.08 Å². The van der Waals surface area contributed by atoms with Crippen LogP contribution in [0.4, 0.5) is 8.78 Å². The summed E-state index contributed by atoms with van der Waals surface area (Å²) in [5, 5.41) is 0. The van der Waals surface area contributed by atoms with Gasteiger partial charge in [0.2, 0.25) is 0 Å². The Labute approximate surface area is 133 Å². The molecule has 0 radical (unpaired) electrons. The van der Waals surface area contributed by atoms with E-state index in [-0.39, 0.29) is 12.0 Å². The molecule has 1 saturated heterocycles. The van der Waals surface area contributed by atoms with E-state index < -0.39 is 12.0 Å². The Balaban J connectivity index is 1.60. The molecule has 3 fully saturated rings. The zero-order valence-corrected chi connectivity index (χ0v) is 13.8. The van der Waals surface area contributed by atoms with Crippen LogP contribution in [0.3, 0.4) is 0 Å². The first-order valence-electron chi connectivity index (χ1n) is 9.23. The number of halogens is 2. The van der Waals surface area contributed by atoms with Gasteiger partial charge in [-0.05, 0) is 62.2 Å². The highest BCUT2D eigenvalue weighted by Crippen LogP contribution is 2.55. The standard InChI is InChI=1S/C19H30F2O/c1-3-13-5-9-15(10-6-13)17-18(22-19(17,20)21)16-11-7-14(4-2)8-12-16/h3,13-18H,1,4-12H2,2H3/t13-,14?,15-,16?,17-,18-/m0/s1. The molecule has 126 valence electrons. The number of rotatable bonds is 4. The van der Waals surface area contributed by atoms with Gasteiger partial charge in [0.1, 0.15) is 0 Å². The third-order valence-electron chi connectivity index (χ3n) is 6.63. The molecular weight excluding hydrogens is 282 g/mol. The van der Waals surface area contributed by atoms with E-state index >= 15 is 0 Å². The summed E-state index contributed by atoms with van der Waals surface area (Å²) < 4.78 is 33.2. The van der Waals surface area contributed by atoms with Crippen LogP contribution in [0.25, 0.3) is 0 Å². The van der Waals surface area contributed by atoms with Crippen LogP contribution in [0.5, 0.6) is 0 Å². The molecule has 2 atom stereocenters. The summed E-state index contributed by atoms with van der Waals surface area (Å²) in [5.74, 6) is 1.32. The van der Waals surface area contributed by atoms with Gasteiger partial charge in [-0.15, -0.1) is 6.58 Å². The zero-order valence-electron chi connectivity index (χ0n) is 13.8. The highest BCUT2D eigenvalue weighted by molar-refractivity contribution is 4.99. The molecule has 3 heteroatoms. The average Bonchev–Trinajstić information content (AvgIpc) is 2.54. The van der Waals surface area contributed by atoms with E-state index in [1.165, 1.54) is 19.3 Å². The maximum atomic E-state index is 14.1. The van der Waals surface area contributed by atoms with Crippen LogP contribution < -0.4 is 0 Å². The van der Waals surface area contributed by atoms with Crippen LogP contribution in [0.1, 0.15) is 64.7 Å². The second-order valence-electron chi connectivity index (χ2n) is 7.77. The van der Waals surface area contributed by atoms with Crippen molar-refractivity contribution in [3.05, 3.63) is 12.7 Å². The molecule has 2 saturated carbocycles. The number of alkyl halides is 2. The fraction of sp³-hybridized carbons (Fsp3) is 0.895. The first kappa shape index (κ1) is 16.4. The lowest BCUT2D eigenvalue weighted by Gasteiger charge is -2.53. The summed E-state index contributed by atoms with van der Waals surface area (Å²) in [6.07, 6.45) is 8.60. The van der Waals surface area contributed by atoms with Crippen LogP contribution in [0, 0.1) is 29.6 Å². The first-order valence-corrected chi connectivity index (χ1v) is 9.23. The molecule has 0 unspecified atom stereocenters. The van der Waals surface area contributed by atoms with Crippen molar-refractivity contribution in [2.24, 2.45) is 29.6 Å². The van der Waals surface area contributed by atoms with Crippen molar-refractivity contribution in [3.63, 3.8) is 0 Å². The summed E-state index contributed by atoms with van der Waals surface area (Å²) in [7, 11) is 0. The van der Waals surface area contributed by atoms with Crippen molar-refractivity contribution in [1.29, 1.82) is 0 Å². The highest BCUT2D eigenvalue weighted by atomic mass is 19.3. The molecule has 0 aromatic rings. The van der Waals surface area contributed by atoms with Gasteiger partial charge in [0.25, 0.3) is 0 Å². The van der Waals surface area contributed by atoms with Gasteiger partial charge in [-0.25, -0.2) is 0 Å². The Morgan fingerprint density at radius 2 is 1.59 bits per heavy atom. The quantitative estimate of drug-likeness (QED) is 0.596. The maximum Gasteiger partial charge on any atom is 0.361 e. The third kappa shape index (κ3) is 3.11. The molecule has 1 heterocycles. The molecule has 0 spiro atoms. The van der Waals surface area contributed by atoms with E-state index in [4.69, 9.17) is 4.74 Å². The Hall–Kier alpha value is -0.440. The fourth-order valence-electron chi connectivity index (χ4n) is 5.05.